The highest BCUT2D eigenvalue weighted by Gasteiger charge is 2.22. The summed E-state index contributed by atoms with van der Waals surface area (Å²) in [6, 6.07) is 1.26. The molecule has 0 saturated heterocycles. The fourth-order valence-corrected chi connectivity index (χ4v) is 3.21. The van der Waals surface area contributed by atoms with E-state index in [0.29, 0.717) is 29.1 Å². The number of urea groups is 1. The topological polar surface area (TPSA) is 92.4 Å². The van der Waals surface area contributed by atoms with E-state index in [0.717, 1.165) is 35.6 Å². The van der Waals surface area contributed by atoms with Gasteiger partial charge in [-0.1, -0.05) is 13.8 Å². The lowest BCUT2D eigenvalue weighted by Gasteiger charge is -2.19. The third-order valence-electron chi connectivity index (χ3n) is 5.09. The fraction of sp³-hybridized carbons (Fsp3) is 0.375. The van der Waals surface area contributed by atoms with Crippen LogP contribution in [0.4, 0.5) is 13.6 Å². The van der Waals surface area contributed by atoms with E-state index in [1.54, 1.807) is 25.5 Å². The summed E-state index contributed by atoms with van der Waals surface area (Å²) < 4.78 is 26.2. The number of carbonyl (C=O) groups excluding carboxylic acids is 1. The van der Waals surface area contributed by atoms with E-state index in [9.17, 15) is 13.6 Å². The van der Waals surface area contributed by atoms with Gasteiger partial charge in [-0.25, -0.2) is 13.6 Å². The molecular weight excluding hydrogens is 412 g/mol. The first kappa shape index (κ1) is 25.0. The summed E-state index contributed by atoms with van der Waals surface area (Å²) in [7, 11) is 1.64. The minimum Gasteiger partial charge on any atom is -0.397 e. The van der Waals surface area contributed by atoms with Gasteiger partial charge in [-0.15, -0.1) is 0 Å². The maximum atomic E-state index is 13.1. The van der Waals surface area contributed by atoms with Crippen molar-refractivity contribution >= 4 is 17.3 Å². The van der Waals surface area contributed by atoms with Crippen LogP contribution in [0, 0.1) is 0 Å². The van der Waals surface area contributed by atoms with Crippen molar-refractivity contribution in [3.63, 3.8) is 0 Å². The lowest BCUT2D eigenvalue weighted by Crippen LogP contribution is -2.41. The molecule has 1 aliphatic rings. The Morgan fingerprint density at radius 2 is 2.03 bits per heavy atom. The van der Waals surface area contributed by atoms with Crippen molar-refractivity contribution in [3.05, 3.63) is 70.4 Å². The van der Waals surface area contributed by atoms with E-state index >= 15 is 0 Å². The summed E-state index contributed by atoms with van der Waals surface area (Å²) in [6.07, 6.45) is 10.6. The molecular formula is C24H31F2N5O. The number of nitrogens with two attached hydrogens (primary N) is 1. The van der Waals surface area contributed by atoms with Crippen LogP contribution >= 0.6 is 0 Å². The van der Waals surface area contributed by atoms with Crippen molar-refractivity contribution in [2.45, 2.75) is 46.5 Å². The molecule has 0 bridgehead atoms. The molecule has 0 spiro atoms. The van der Waals surface area contributed by atoms with E-state index < -0.39 is 18.5 Å². The number of aromatic nitrogens is 1. The number of rotatable bonds is 7. The first-order chi connectivity index (χ1) is 15.1. The predicted molar refractivity (Wildman–Crippen MR) is 125 cm³/mol. The summed E-state index contributed by atoms with van der Waals surface area (Å²) in [5.74, 6) is -3.00. The lowest BCUT2D eigenvalue weighted by atomic mass is 9.90. The second-order valence-electron chi connectivity index (χ2n) is 7.68. The van der Waals surface area contributed by atoms with Crippen LogP contribution in [0.2, 0.25) is 0 Å². The Bertz CT molecular complexity index is 1010. The first-order valence-corrected chi connectivity index (χ1v) is 10.5. The second-order valence-corrected chi connectivity index (χ2v) is 7.68. The zero-order valence-electron chi connectivity index (χ0n) is 19.2. The molecule has 32 heavy (non-hydrogen) atoms. The molecule has 6 nitrogen and oxygen atoms in total. The van der Waals surface area contributed by atoms with Crippen molar-refractivity contribution in [2.75, 3.05) is 13.6 Å². The van der Waals surface area contributed by atoms with Crippen LogP contribution in [0.5, 0.6) is 0 Å². The first-order valence-electron chi connectivity index (χ1n) is 10.5. The molecule has 0 fully saturated rings. The van der Waals surface area contributed by atoms with Crippen molar-refractivity contribution in [3.8, 4) is 0 Å². The maximum absolute atomic E-state index is 13.1. The number of hydrogen-bond acceptors (Lipinski definition) is 4. The number of amides is 2. The third kappa shape index (κ3) is 6.60. The zero-order valence-corrected chi connectivity index (χ0v) is 19.2. The number of allylic oxidation sites excluding steroid dienone is 6. The number of aliphatic imine (C=N–C) groups is 1. The quantitative estimate of drug-likeness (QED) is 0.579. The third-order valence-corrected chi connectivity index (χ3v) is 5.09. The number of nitrogens with zero attached hydrogens (tertiary/aromatic N) is 2. The van der Waals surface area contributed by atoms with Crippen molar-refractivity contribution in [1.82, 2.24) is 15.6 Å². The predicted octanol–water partition coefficient (Wildman–Crippen LogP) is 4.52. The van der Waals surface area contributed by atoms with Crippen LogP contribution in [0.15, 0.2) is 64.2 Å². The second kappa shape index (κ2) is 10.8. The van der Waals surface area contributed by atoms with Crippen LogP contribution in [0.1, 0.15) is 45.2 Å². The molecule has 0 atom stereocenters. The summed E-state index contributed by atoms with van der Waals surface area (Å²) >= 11 is 0. The van der Waals surface area contributed by atoms with Crippen molar-refractivity contribution < 1.29 is 13.6 Å². The van der Waals surface area contributed by atoms with Crippen molar-refractivity contribution in [2.24, 2.45) is 10.7 Å². The van der Waals surface area contributed by atoms with Crippen molar-refractivity contribution in [1.29, 1.82) is 0 Å². The van der Waals surface area contributed by atoms with Gasteiger partial charge < -0.3 is 16.4 Å². The van der Waals surface area contributed by atoms with Gasteiger partial charge in [0.05, 0.1) is 18.0 Å². The highest BCUT2D eigenvalue weighted by Crippen LogP contribution is 2.28. The normalized spacial score (nSPS) is 17.6. The molecule has 1 aromatic heterocycles. The average molecular weight is 444 g/mol. The molecule has 0 radical (unpaired) electrons. The number of aryl methyl sites for hydroxylation is 1. The van der Waals surface area contributed by atoms with Gasteiger partial charge in [-0.05, 0) is 60.8 Å². The van der Waals surface area contributed by atoms with Gasteiger partial charge in [0.2, 0.25) is 0 Å². The number of alkyl halides is 2. The summed E-state index contributed by atoms with van der Waals surface area (Å²) in [5, 5.41) is 4.89. The van der Waals surface area contributed by atoms with E-state index in [-0.39, 0.29) is 0 Å². The SMILES string of the molecule is CC/C(C)=C(/C=C1/C=C(c2cnccc2CC)C=C(N)C1=NC)NC(=O)NCC(C)(F)F. The molecule has 0 aliphatic heterocycles. The highest BCUT2D eigenvalue weighted by molar-refractivity contribution is 6.18. The molecule has 2 amide bonds. The average Bonchev–Trinajstić information content (AvgIpc) is 2.76. The van der Waals surface area contributed by atoms with Gasteiger partial charge in [0.25, 0.3) is 5.92 Å². The van der Waals surface area contributed by atoms with Crippen LogP contribution in [-0.2, 0) is 6.42 Å². The molecule has 172 valence electrons. The Morgan fingerprint density at radius 3 is 2.62 bits per heavy atom. The highest BCUT2D eigenvalue weighted by atomic mass is 19.3. The number of nitrogens with one attached hydrogen (secondary N) is 2. The minimum atomic E-state index is -3.00. The van der Waals surface area contributed by atoms with Crippen LogP contribution in [0.25, 0.3) is 5.57 Å². The Kier molecular flexibility index (Phi) is 8.46. The Labute approximate surface area is 188 Å². The Balaban J connectivity index is 2.48. The van der Waals surface area contributed by atoms with E-state index in [1.165, 1.54) is 0 Å². The number of carbonyl (C=O) groups is 1. The number of hydrogen-bond donors (Lipinski definition) is 3. The largest absolute Gasteiger partial charge is 0.397 e. The molecule has 0 aromatic carbocycles. The molecule has 4 N–H and O–H groups in total. The summed E-state index contributed by atoms with van der Waals surface area (Å²) in [6.45, 7) is 5.88. The van der Waals surface area contributed by atoms with Gasteiger partial charge >= 0.3 is 6.03 Å². The summed E-state index contributed by atoms with van der Waals surface area (Å²) in [5.41, 5.74) is 12.5. The molecule has 0 unspecified atom stereocenters. The van der Waals surface area contributed by atoms with Gasteiger partial charge in [-0.3, -0.25) is 9.98 Å². The van der Waals surface area contributed by atoms with Crippen LogP contribution in [-0.4, -0.2) is 36.2 Å². The molecule has 0 saturated carbocycles. The fourth-order valence-electron chi connectivity index (χ4n) is 3.21. The van der Waals surface area contributed by atoms with Gasteiger partial charge in [-0.2, -0.15) is 0 Å². The number of halogens is 2. The molecule has 8 heteroatoms. The van der Waals surface area contributed by atoms with Crippen LogP contribution < -0.4 is 16.4 Å². The molecule has 1 heterocycles. The van der Waals surface area contributed by atoms with Gasteiger partial charge in [0.15, 0.2) is 0 Å². The standard InChI is InChI=1S/C24H31F2N5O/c1-6-15(3)21(31-23(32)30-14-24(4,25)26)12-18-10-17(11-20(27)22(18)28-5)19-13-29-9-8-16(19)7-2/h8-13H,6-7,14,27H2,1-5H3,(H2,30,31,32)/b18-12-,21-15-,28-22?. The van der Waals surface area contributed by atoms with Crippen LogP contribution in [0.3, 0.4) is 0 Å². The van der Waals surface area contributed by atoms with E-state index in [2.05, 4.69) is 27.5 Å². The van der Waals surface area contributed by atoms with E-state index in [1.807, 2.05) is 32.1 Å². The van der Waals surface area contributed by atoms with Gasteiger partial charge in [0, 0.05) is 43.2 Å². The summed E-state index contributed by atoms with van der Waals surface area (Å²) in [4.78, 5) is 20.8. The molecule has 1 aliphatic carbocycles. The lowest BCUT2D eigenvalue weighted by molar-refractivity contribution is 0.0253. The van der Waals surface area contributed by atoms with Gasteiger partial charge in [0.1, 0.15) is 0 Å². The monoisotopic (exact) mass is 443 g/mol. The zero-order chi connectivity index (χ0) is 23.9. The number of pyridine rings is 1. The minimum absolute atomic E-state index is 0.491. The maximum Gasteiger partial charge on any atom is 0.319 e. The Hall–Kier alpha value is -3.29. The van der Waals surface area contributed by atoms with E-state index in [4.69, 9.17) is 5.73 Å². The molecule has 2 rings (SSSR count). The smallest absolute Gasteiger partial charge is 0.319 e. The molecule has 1 aromatic rings. The Morgan fingerprint density at radius 1 is 1.31 bits per heavy atom.